The Kier molecular flexibility index (Phi) is 5.71. The molecule has 0 saturated carbocycles. The van der Waals surface area contributed by atoms with Gasteiger partial charge in [-0.1, -0.05) is 54.6 Å². The standard InChI is InChI=1S/C21H18N2O2S/c22-20(24)16-10-7-11-17(14-16)23-21(25)19(15-8-3-1-4-9-15)26-18-12-5-2-6-13-18/h1-14,19H,(H2,22,24)(H,23,25). The summed E-state index contributed by atoms with van der Waals surface area (Å²) in [6, 6.07) is 26.0. The van der Waals surface area contributed by atoms with Gasteiger partial charge in [-0.05, 0) is 35.9 Å². The van der Waals surface area contributed by atoms with Gasteiger partial charge in [0.15, 0.2) is 0 Å². The Balaban J connectivity index is 1.85. The first kappa shape index (κ1) is 17.8. The molecule has 4 nitrogen and oxygen atoms in total. The van der Waals surface area contributed by atoms with Gasteiger partial charge < -0.3 is 11.1 Å². The van der Waals surface area contributed by atoms with E-state index >= 15 is 0 Å². The van der Waals surface area contributed by atoms with Crippen LogP contribution in [0.5, 0.6) is 0 Å². The Morgan fingerprint density at radius 2 is 1.50 bits per heavy atom. The summed E-state index contributed by atoms with van der Waals surface area (Å²) in [6.45, 7) is 0. The molecule has 0 aliphatic rings. The Morgan fingerprint density at radius 3 is 2.15 bits per heavy atom. The van der Waals surface area contributed by atoms with Gasteiger partial charge in [0.1, 0.15) is 5.25 Å². The average Bonchev–Trinajstić information content (AvgIpc) is 2.67. The molecule has 0 aliphatic carbocycles. The van der Waals surface area contributed by atoms with Crippen molar-refractivity contribution in [3.8, 4) is 0 Å². The Morgan fingerprint density at radius 1 is 0.846 bits per heavy atom. The Bertz CT molecular complexity index is 898. The predicted molar refractivity (Wildman–Crippen MR) is 105 cm³/mol. The summed E-state index contributed by atoms with van der Waals surface area (Å²) in [7, 11) is 0. The summed E-state index contributed by atoms with van der Waals surface area (Å²) >= 11 is 1.48. The molecule has 3 aromatic carbocycles. The molecule has 0 spiro atoms. The molecule has 2 amide bonds. The van der Waals surface area contributed by atoms with E-state index in [1.807, 2.05) is 60.7 Å². The van der Waals surface area contributed by atoms with Crippen LogP contribution in [-0.4, -0.2) is 11.8 Å². The lowest BCUT2D eigenvalue weighted by molar-refractivity contribution is -0.115. The van der Waals surface area contributed by atoms with E-state index in [0.29, 0.717) is 11.3 Å². The molecule has 3 N–H and O–H groups in total. The normalized spacial score (nSPS) is 11.5. The van der Waals surface area contributed by atoms with Gasteiger partial charge in [0, 0.05) is 16.1 Å². The van der Waals surface area contributed by atoms with Crippen molar-refractivity contribution >= 4 is 29.3 Å². The molecule has 0 bridgehead atoms. The largest absolute Gasteiger partial charge is 0.366 e. The zero-order valence-electron chi connectivity index (χ0n) is 14.0. The lowest BCUT2D eigenvalue weighted by Gasteiger charge is -2.17. The highest BCUT2D eigenvalue weighted by Gasteiger charge is 2.22. The number of primary amides is 1. The van der Waals surface area contributed by atoms with E-state index in [1.165, 1.54) is 11.8 Å². The number of amides is 2. The fraction of sp³-hybridized carbons (Fsp3) is 0.0476. The summed E-state index contributed by atoms with van der Waals surface area (Å²) in [5, 5.41) is 2.47. The van der Waals surface area contributed by atoms with Crippen molar-refractivity contribution in [3.05, 3.63) is 96.1 Å². The monoisotopic (exact) mass is 362 g/mol. The van der Waals surface area contributed by atoms with Crippen LogP contribution < -0.4 is 11.1 Å². The second-order valence-electron chi connectivity index (χ2n) is 5.66. The third-order valence-corrected chi connectivity index (χ3v) is 5.02. The van der Waals surface area contributed by atoms with Crippen molar-refractivity contribution in [1.29, 1.82) is 0 Å². The number of rotatable bonds is 6. The van der Waals surface area contributed by atoms with E-state index in [9.17, 15) is 9.59 Å². The maximum Gasteiger partial charge on any atom is 0.248 e. The number of nitrogens with two attached hydrogens (primary N) is 1. The van der Waals surface area contributed by atoms with Crippen molar-refractivity contribution in [3.63, 3.8) is 0 Å². The van der Waals surface area contributed by atoms with Crippen LogP contribution >= 0.6 is 11.8 Å². The summed E-state index contributed by atoms with van der Waals surface area (Å²) < 4.78 is 0. The molecule has 3 aromatic rings. The highest BCUT2D eigenvalue weighted by Crippen LogP contribution is 2.36. The van der Waals surface area contributed by atoms with Crippen molar-refractivity contribution < 1.29 is 9.59 Å². The van der Waals surface area contributed by atoms with Crippen LogP contribution in [0.3, 0.4) is 0 Å². The molecule has 0 aromatic heterocycles. The first-order valence-corrected chi connectivity index (χ1v) is 8.99. The summed E-state index contributed by atoms with van der Waals surface area (Å²) in [4.78, 5) is 25.3. The van der Waals surface area contributed by atoms with Crippen molar-refractivity contribution in [1.82, 2.24) is 0 Å². The number of benzene rings is 3. The Labute approximate surface area is 156 Å². The minimum absolute atomic E-state index is 0.160. The van der Waals surface area contributed by atoms with Crippen LogP contribution in [0.1, 0.15) is 21.2 Å². The van der Waals surface area contributed by atoms with Crippen LogP contribution in [-0.2, 0) is 4.79 Å². The fourth-order valence-corrected chi connectivity index (χ4v) is 3.54. The van der Waals surface area contributed by atoms with E-state index in [0.717, 1.165) is 10.5 Å². The van der Waals surface area contributed by atoms with Gasteiger partial charge in [0.2, 0.25) is 11.8 Å². The molecular weight excluding hydrogens is 344 g/mol. The molecule has 0 saturated heterocycles. The Hall–Kier alpha value is -3.05. The number of carbonyl (C=O) groups excluding carboxylic acids is 2. The van der Waals surface area contributed by atoms with Crippen LogP contribution in [0.25, 0.3) is 0 Å². The van der Waals surface area contributed by atoms with Crippen molar-refractivity contribution in [2.24, 2.45) is 5.73 Å². The van der Waals surface area contributed by atoms with Gasteiger partial charge in [-0.15, -0.1) is 11.8 Å². The molecule has 1 atom stereocenters. The summed E-state index contributed by atoms with van der Waals surface area (Å²) in [5.74, 6) is -0.689. The van der Waals surface area contributed by atoms with Crippen molar-refractivity contribution in [2.75, 3.05) is 5.32 Å². The zero-order valence-corrected chi connectivity index (χ0v) is 14.8. The SMILES string of the molecule is NC(=O)c1cccc(NC(=O)C(Sc2ccccc2)c2ccccc2)c1. The molecule has 26 heavy (non-hydrogen) atoms. The second-order valence-corrected chi connectivity index (χ2v) is 6.83. The van der Waals surface area contributed by atoms with E-state index in [1.54, 1.807) is 24.3 Å². The molecule has 0 heterocycles. The van der Waals surface area contributed by atoms with E-state index in [4.69, 9.17) is 5.73 Å². The van der Waals surface area contributed by atoms with E-state index < -0.39 is 11.2 Å². The zero-order chi connectivity index (χ0) is 18.4. The number of hydrogen-bond acceptors (Lipinski definition) is 3. The molecule has 0 aliphatic heterocycles. The molecule has 130 valence electrons. The minimum Gasteiger partial charge on any atom is -0.366 e. The highest BCUT2D eigenvalue weighted by atomic mass is 32.2. The highest BCUT2D eigenvalue weighted by molar-refractivity contribution is 8.00. The van der Waals surface area contributed by atoms with Crippen LogP contribution in [0.2, 0.25) is 0 Å². The topological polar surface area (TPSA) is 72.2 Å². The molecule has 0 radical (unpaired) electrons. The molecule has 0 fully saturated rings. The van der Waals surface area contributed by atoms with Crippen molar-refractivity contribution in [2.45, 2.75) is 10.1 Å². The third-order valence-electron chi connectivity index (χ3n) is 3.75. The number of anilines is 1. The van der Waals surface area contributed by atoms with E-state index in [2.05, 4.69) is 5.32 Å². The van der Waals surface area contributed by atoms with Gasteiger partial charge in [-0.2, -0.15) is 0 Å². The van der Waals surface area contributed by atoms with Gasteiger partial charge in [-0.25, -0.2) is 0 Å². The average molecular weight is 362 g/mol. The van der Waals surface area contributed by atoms with Gasteiger partial charge in [-0.3, -0.25) is 9.59 Å². The quantitative estimate of drug-likeness (QED) is 0.644. The number of nitrogens with one attached hydrogen (secondary N) is 1. The molecule has 3 rings (SSSR count). The summed E-state index contributed by atoms with van der Waals surface area (Å²) in [6.07, 6.45) is 0. The smallest absolute Gasteiger partial charge is 0.248 e. The lowest BCUT2D eigenvalue weighted by atomic mass is 10.1. The van der Waals surface area contributed by atoms with Gasteiger partial charge in [0.05, 0.1) is 0 Å². The first-order chi connectivity index (χ1) is 12.6. The number of thioether (sulfide) groups is 1. The third kappa shape index (κ3) is 4.52. The lowest BCUT2D eigenvalue weighted by Crippen LogP contribution is -2.19. The van der Waals surface area contributed by atoms with Gasteiger partial charge in [0.25, 0.3) is 0 Å². The number of carbonyl (C=O) groups is 2. The molecular formula is C21H18N2O2S. The van der Waals surface area contributed by atoms with Crippen LogP contribution in [0.15, 0.2) is 89.8 Å². The molecule has 1 unspecified atom stereocenters. The predicted octanol–water partition coefficient (Wildman–Crippen LogP) is 4.26. The first-order valence-electron chi connectivity index (χ1n) is 8.11. The van der Waals surface area contributed by atoms with E-state index in [-0.39, 0.29) is 5.91 Å². The maximum atomic E-state index is 13.0. The van der Waals surface area contributed by atoms with Gasteiger partial charge >= 0.3 is 0 Å². The molecule has 5 heteroatoms. The number of hydrogen-bond donors (Lipinski definition) is 2. The second kappa shape index (κ2) is 8.36. The maximum absolute atomic E-state index is 13.0. The minimum atomic E-state index is -0.528. The fourth-order valence-electron chi connectivity index (χ4n) is 2.49. The van der Waals surface area contributed by atoms with Crippen LogP contribution in [0.4, 0.5) is 5.69 Å². The van der Waals surface area contributed by atoms with Crippen LogP contribution in [0, 0.1) is 0 Å². The summed E-state index contributed by atoms with van der Waals surface area (Å²) in [5.41, 5.74) is 7.12.